The molecule has 1 saturated carbocycles. The van der Waals surface area contributed by atoms with Gasteiger partial charge in [0.15, 0.2) is 0 Å². The molecule has 108 valence electrons. The molecule has 1 aliphatic carbocycles. The van der Waals surface area contributed by atoms with Crippen LogP contribution in [0.1, 0.15) is 58.3 Å². The summed E-state index contributed by atoms with van der Waals surface area (Å²) in [6.45, 7) is 10.6. The van der Waals surface area contributed by atoms with Crippen LogP contribution in [0.2, 0.25) is 5.02 Å². The Morgan fingerprint density at radius 2 is 2.16 bits per heavy atom. The van der Waals surface area contributed by atoms with E-state index in [0.29, 0.717) is 11.5 Å². The van der Waals surface area contributed by atoms with Crippen molar-refractivity contribution in [3.05, 3.63) is 16.4 Å². The van der Waals surface area contributed by atoms with Gasteiger partial charge in [0.2, 0.25) is 0 Å². The zero-order chi connectivity index (χ0) is 14.0. The molecule has 3 nitrogen and oxygen atoms in total. The van der Waals surface area contributed by atoms with Crippen LogP contribution in [0.3, 0.4) is 0 Å². The minimum Gasteiger partial charge on any atom is -0.308 e. The van der Waals surface area contributed by atoms with E-state index in [-0.39, 0.29) is 0 Å². The number of nitrogens with one attached hydrogen (secondary N) is 1. The first kappa shape index (κ1) is 14.9. The van der Waals surface area contributed by atoms with Crippen LogP contribution in [0.25, 0.3) is 0 Å². The molecule has 4 heteroatoms. The van der Waals surface area contributed by atoms with Crippen LogP contribution in [0.15, 0.2) is 0 Å². The Balaban J connectivity index is 2.09. The first-order valence-corrected chi connectivity index (χ1v) is 7.84. The molecule has 0 saturated heterocycles. The third-order valence-corrected chi connectivity index (χ3v) is 4.90. The third kappa shape index (κ3) is 2.97. The van der Waals surface area contributed by atoms with Crippen LogP contribution in [0.5, 0.6) is 0 Å². The lowest BCUT2D eigenvalue weighted by Crippen LogP contribution is -2.37. The number of aryl methyl sites for hydroxylation is 2. The van der Waals surface area contributed by atoms with Crippen LogP contribution in [-0.2, 0) is 19.5 Å². The zero-order valence-electron chi connectivity index (χ0n) is 12.6. The molecule has 0 bridgehead atoms. The number of hydrogen-bond acceptors (Lipinski definition) is 2. The minimum absolute atomic E-state index is 0.400. The lowest BCUT2D eigenvalue weighted by molar-refractivity contribution is 0.280. The van der Waals surface area contributed by atoms with Gasteiger partial charge in [0.1, 0.15) is 0 Å². The van der Waals surface area contributed by atoms with E-state index in [1.807, 2.05) is 4.68 Å². The van der Waals surface area contributed by atoms with Crippen molar-refractivity contribution in [3.8, 4) is 0 Å². The highest BCUT2D eigenvalue weighted by Crippen LogP contribution is 2.37. The van der Waals surface area contributed by atoms with E-state index in [2.05, 4.69) is 38.1 Å². The molecule has 2 rings (SSSR count). The summed E-state index contributed by atoms with van der Waals surface area (Å²) >= 11 is 6.44. The van der Waals surface area contributed by atoms with E-state index in [0.717, 1.165) is 35.9 Å². The first-order valence-electron chi connectivity index (χ1n) is 7.47. The Hall–Kier alpha value is -0.540. The van der Waals surface area contributed by atoms with Crippen LogP contribution >= 0.6 is 11.6 Å². The van der Waals surface area contributed by atoms with Gasteiger partial charge >= 0.3 is 0 Å². The normalized spacial score (nSPS) is 22.1. The quantitative estimate of drug-likeness (QED) is 0.891. The molecular formula is C15H26ClN3. The molecule has 1 aromatic heterocycles. The first-order chi connectivity index (χ1) is 8.99. The Morgan fingerprint density at radius 3 is 2.68 bits per heavy atom. The van der Waals surface area contributed by atoms with Crippen molar-refractivity contribution in [2.24, 2.45) is 5.41 Å². The summed E-state index contributed by atoms with van der Waals surface area (Å²) in [5.74, 6) is 0. The van der Waals surface area contributed by atoms with Crippen molar-refractivity contribution < 1.29 is 0 Å². The van der Waals surface area contributed by atoms with Gasteiger partial charge in [0.05, 0.1) is 16.4 Å². The number of rotatable bonds is 5. The molecular weight excluding hydrogens is 258 g/mol. The van der Waals surface area contributed by atoms with Crippen molar-refractivity contribution in [1.82, 2.24) is 15.1 Å². The summed E-state index contributed by atoms with van der Waals surface area (Å²) in [6, 6.07) is 0.592. The van der Waals surface area contributed by atoms with Gasteiger partial charge in [0, 0.05) is 19.1 Å². The summed E-state index contributed by atoms with van der Waals surface area (Å²) in [7, 11) is 0. The van der Waals surface area contributed by atoms with E-state index in [1.165, 1.54) is 19.3 Å². The highest BCUT2D eigenvalue weighted by atomic mass is 35.5. The molecule has 1 atom stereocenters. The third-order valence-electron chi connectivity index (χ3n) is 4.47. The summed E-state index contributed by atoms with van der Waals surface area (Å²) in [4.78, 5) is 0. The van der Waals surface area contributed by atoms with E-state index in [1.54, 1.807) is 0 Å². The Kier molecular flexibility index (Phi) is 4.57. The predicted octanol–water partition coefficient (Wildman–Crippen LogP) is 3.79. The molecule has 0 amide bonds. The van der Waals surface area contributed by atoms with Gasteiger partial charge in [0.25, 0.3) is 0 Å². The monoisotopic (exact) mass is 283 g/mol. The molecule has 1 aliphatic rings. The van der Waals surface area contributed by atoms with Crippen molar-refractivity contribution in [3.63, 3.8) is 0 Å². The highest BCUT2D eigenvalue weighted by molar-refractivity contribution is 6.31. The van der Waals surface area contributed by atoms with Gasteiger partial charge in [-0.15, -0.1) is 0 Å². The second-order valence-electron chi connectivity index (χ2n) is 6.19. The second kappa shape index (κ2) is 5.84. The topological polar surface area (TPSA) is 29.9 Å². The van der Waals surface area contributed by atoms with Crippen molar-refractivity contribution in [2.75, 3.05) is 0 Å². The molecule has 1 fully saturated rings. The summed E-state index contributed by atoms with van der Waals surface area (Å²) in [6.07, 6.45) is 4.80. The standard InChI is InChI=1S/C15H26ClN3/c1-5-11-14(16)12(19(6-2)18-11)10-17-13-8-7-9-15(13,3)4/h13,17H,5-10H2,1-4H3. The fraction of sp³-hybridized carbons (Fsp3) is 0.800. The molecule has 19 heavy (non-hydrogen) atoms. The Labute approximate surface area is 121 Å². The van der Waals surface area contributed by atoms with Crippen molar-refractivity contribution in [1.29, 1.82) is 0 Å². The van der Waals surface area contributed by atoms with E-state index >= 15 is 0 Å². The number of halogens is 1. The lowest BCUT2D eigenvalue weighted by Gasteiger charge is -2.28. The maximum absolute atomic E-state index is 6.44. The van der Waals surface area contributed by atoms with Crippen LogP contribution in [0, 0.1) is 5.41 Å². The SMILES string of the molecule is CCc1nn(CC)c(CNC2CCCC2(C)C)c1Cl. The average molecular weight is 284 g/mol. The fourth-order valence-electron chi connectivity index (χ4n) is 3.11. The summed E-state index contributed by atoms with van der Waals surface area (Å²) < 4.78 is 2.04. The van der Waals surface area contributed by atoms with Crippen molar-refractivity contribution in [2.45, 2.75) is 72.5 Å². The van der Waals surface area contributed by atoms with E-state index in [4.69, 9.17) is 11.6 Å². The van der Waals surface area contributed by atoms with Crippen LogP contribution in [0.4, 0.5) is 0 Å². The molecule has 0 aromatic carbocycles. The van der Waals surface area contributed by atoms with Gasteiger partial charge in [-0.2, -0.15) is 5.10 Å². The van der Waals surface area contributed by atoms with Gasteiger partial charge in [-0.05, 0) is 31.6 Å². The maximum atomic E-state index is 6.44. The highest BCUT2D eigenvalue weighted by Gasteiger charge is 2.34. The molecule has 1 heterocycles. The lowest BCUT2D eigenvalue weighted by atomic mass is 9.87. The summed E-state index contributed by atoms with van der Waals surface area (Å²) in [5, 5.41) is 9.12. The molecule has 0 aliphatic heterocycles. The zero-order valence-corrected chi connectivity index (χ0v) is 13.3. The Morgan fingerprint density at radius 1 is 1.42 bits per heavy atom. The Bertz CT molecular complexity index is 437. The average Bonchev–Trinajstić information content (AvgIpc) is 2.86. The molecule has 1 aromatic rings. The molecule has 1 N–H and O–H groups in total. The molecule has 0 spiro atoms. The van der Waals surface area contributed by atoms with E-state index in [9.17, 15) is 0 Å². The van der Waals surface area contributed by atoms with Gasteiger partial charge in [-0.3, -0.25) is 4.68 Å². The molecule has 1 unspecified atom stereocenters. The second-order valence-corrected chi connectivity index (χ2v) is 6.57. The number of hydrogen-bond donors (Lipinski definition) is 1. The minimum atomic E-state index is 0.400. The smallest absolute Gasteiger partial charge is 0.0863 e. The van der Waals surface area contributed by atoms with Gasteiger partial charge in [-0.1, -0.05) is 38.8 Å². The summed E-state index contributed by atoms with van der Waals surface area (Å²) in [5.41, 5.74) is 2.56. The number of nitrogens with zero attached hydrogens (tertiary/aromatic N) is 2. The van der Waals surface area contributed by atoms with Gasteiger partial charge < -0.3 is 5.32 Å². The van der Waals surface area contributed by atoms with Crippen LogP contribution in [-0.4, -0.2) is 15.8 Å². The largest absolute Gasteiger partial charge is 0.308 e. The maximum Gasteiger partial charge on any atom is 0.0863 e. The van der Waals surface area contributed by atoms with Crippen molar-refractivity contribution >= 4 is 11.6 Å². The fourth-order valence-corrected chi connectivity index (χ4v) is 3.45. The number of aromatic nitrogens is 2. The van der Waals surface area contributed by atoms with Gasteiger partial charge in [-0.25, -0.2) is 0 Å². The molecule has 0 radical (unpaired) electrons. The van der Waals surface area contributed by atoms with Crippen LogP contribution < -0.4 is 5.32 Å². The predicted molar refractivity (Wildman–Crippen MR) is 80.5 cm³/mol. The van der Waals surface area contributed by atoms with E-state index < -0.39 is 0 Å².